The highest BCUT2D eigenvalue weighted by Crippen LogP contribution is 2.38. The van der Waals surface area contributed by atoms with Gasteiger partial charge in [0.15, 0.2) is 0 Å². The minimum atomic E-state index is -5.20. The fourth-order valence-electron chi connectivity index (χ4n) is 1.03. The molecule has 0 radical (unpaired) electrons. The van der Waals surface area contributed by atoms with E-state index in [2.05, 4.69) is 14.2 Å². The van der Waals surface area contributed by atoms with Crippen molar-refractivity contribution in [3.8, 4) is 0 Å². The fraction of sp³-hybridized carbons (Fsp3) is 0.833. The van der Waals surface area contributed by atoms with E-state index in [4.69, 9.17) is 21.0 Å². The molecule has 13 nitrogen and oxygen atoms in total. The largest absolute Gasteiger partial charge is 0.479 e. The molecule has 0 spiro atoms. The van der Waals surface area contributed by atoms with E-state index in [0.717, 1.165) is 0 Å². The zero-order valence-electron chi connectivity index (χ0n) is 11.0. The molecule has 0 fully saturated rings. The predicted octanol–water partition coefficient (Wildman–Crippen LogP) is -3.26. The third kappa shape index (κ3) is 7.40. The first-order valence-electron chi connectivity index (χ1n) is 5.30. The fourth-order valence-corrected chi connectivity index (χ4v) is 1.74. The number of phosphoric acid groups is 2. The Kier molecular flexibility index (Phi) is 6.40. The number of rotatable bonds is 9. The van der Waals surface area contributed by atoms with Gasteiger partial charge >= 0.3 is 21.6 Å². The Morgan fingerprint density at radius 1 is 1.14 bits per heavy atom. The van der Waals surface area contributed by atoms with Gasteiger partial charge in [-0.2, -0.15) is 0 Å². The van der Waals surface area contributed by atoms with E-state index in [1.54, 1.807) is 0 Å². The second-order valence-corrected chi connectivity index (χ2v) is 6.25. The Hall–Kier alpha value is -0.430. The van der Waals surface area contributed by atoms with Gasteiger partial charge in [0.05, 0.1) is 6.61 Å². The molecule has 0 aromatic heterocycles. The smallest absolute Gasteiger partial charge is 0.469 e. The van der Waals surface area contributed by atoms with Crippen LogP contribution in [0, 0.1) is 0 Å². The molecule has 0 aromatic carbocycles. The quantitative estimate of drug-likeness (QED) is 0.190. The van der Waals surface area contributed by atoms with Crippen molar-refractivity contribution in [2.24, 2.45) is 0 Å². The zero-order valence-corrected chi connectivity index (χ0v) is 11.8. The molecule has 0 saturated carbocycles. The van der Waals surface area contributed by atoms with Crippen LogP contribution < -0.4 is 0 Å². The number of hydrogen-bond donors (Lipinski definition) is 8. The molecular weight excluding hydrogens is 342 g/mol. The molecule has 126 valence electrons. The van der Waals surface area contributed by atoms with Gasteiger partial charge in [0.25, 0.3) is 1.43 Å². The van der Waals surface area contributed by atoms with Gasteiger partial charge < -0.3 is 40.0 Å². The summed E-state index contributed by atoms with van der Waals surface area (Å²) in [6.07, 6.45) is -4.93. The Labute approximate surface area is 118 Å². The van der Waals surface area contributed by atoms with Gasteiger partial charge in [0, 0.05) is 0 Å². The van der Waals surface area contributed by atoms with Crippen LogP contribution >= 0.6 is 15.6 Å². The number of carboxylic acids is 1. The van der Waals surface area contributed by atoms with Crippen molar-refractivity contribution in [3.63, 3.8) is 0 Å². The average Bonchev–Trinajstić information content (AvgIpc) is 2.38. The van der Waals surface area contributed by atoms with Crippen LogP contribution in [-0.2, 0) is 23.0 Å². The van der Waals surface area contributed by atoms with Gasteiger partial charge in [-0.3, -0.25) is 9.05 Å². The number of phosphoric ester groups is 2. The number of aliphatic hydroxyl groups excluding tert-OH is 2. The first kappa shape index (κ1) is 18.6. The van der Waals surface area contributed by atoms with Gasteiger partial charge in [0.2, 0.25) is 5.60 Å². The van der Waals surface area contributed by atoms with Crippen molar-refractivity contribution in [2.75, 3.05) is 13.2 Å². The SMILES string of the molecule is [2H]OC(=O)[C@@](O)(COP(=O)(O)O)[C@@H](O)[C@H](O)COP(=O)(O)O. The molecule has 0 amide bonds. The van der Waals surface area contributed by atoms with E-state index in [1.165, 1.54) is 0 Å². The summed E-state index contributed by atoms with van der Waals surface area (Å²) < 4.78 is 34.9. The highest BCUT2D eigenvalue weighted by atomic mass is 31.2. The summed E-state index contributed by atoms with van der Waals surface area (Å²) in [5.74, 6) is -1.95. The Morgan fingerprint density at radius 2 is 1.62 bits per heavy atom. The summed E-state index contributed by atoms with van der Waals surface area (Å²) in [5, 5.41) is 32.1. The van der Waals surface area contributed by atoms with Crippen molar-refractivity contribution in [1.82, 2.24) is 0 Å². The van der Waals surface area contributed by atoms with E-state index in [9.17, 15) is 29.2 Å². The molecular formula is C6H14O13P2. The number of aliphatic hydroxyl groups is 3. The Balaban J connectivity index is 5.12. The van der Waals surface area contributed by atoms with Crippen LogP contribution in [-0.4, -0.2) is 77.0 Å². The van der Waals surface area contributed by atoms with Crippen LogP contribution in [0.4, 0.5) is 0 Å². The van der Waals surface area contributed by atoms with E-state index in [0.29, 0.717) is 0 Å². The summed E-state index contributed by atoms with van der Waals surface area (Å²) in [6, 6.07) is 0. The van der Waals surface area contributed by atoms with Gasteiger partial charge in [-0.15, -0.1) is 0 Å². The second kappa shape index (κ2) is 7.22. The molecule has 0 heterocycles. The molecule has 15 heteroatoms. The molecule has 0 bridgehead atoms. The van der Waals surface area contributed by atoms with Crippen LogP contribution in [0.15, 0.2) is 0 Å². The lowest BCUT2D eigenvalue weighted by molar-refractivity contribution is -0.190. The van der Waals surface area contributed by atoms with Crippen molar-refractivity contribution in [2.45, 2.75) is 17.8 Å². The Bertz CT molecular complexity index is 471. The Morgan fingerprint density at radius 3 is 2.00 bits per heavy atom. The monoisotopic (exact) mass is 357 g/mol. The van der Waals surface area contributed by atoms with Gasteiger partial charge in [-0.05, 0) is 0 Å². The third-order valence-corrected chi connectivity index (χ3v) is 3.02. The van der Waals surface area contributed by atoms with Crippen LogP contribution in [0.5, 0.6) is 0 Å². The first-order chi connectivity index (χ1) is 9.73. The number of aliphatic carboxylic acids is 1. The minimum Gasteiger partial charge on any atom is -0.479 e. The molecule has 0 saturated heterocycles. The van der Waals surface area contributed by atoms with Gasteiger partial charge in [-0.25, -0.2) is 13.9 Å². The first-order valence-corrected chi connectivity index (χ1v) is 7.95. The standard InChI is InChI=1S/C6H14O13P2/c7-3(1-18-20(12,13)14)4(8)6(11,5(9)10)2-19-21(15,16)17/h3-4,7-8,11H,1-2H2,(H,9,10)(H2,12,13,14)(H2,15,16,17)/t3-,4+,6-/m1/s1/i/hD. The van der Waals surface area contributed by atoms with Crippen LogP contribution in [0.3, 0.4) is 0 Å². The maximum absolute atomic E-state index is 11.2. The lowest BCUT2D eigenvalue weighted by atomic mass is 9.94. The number of carbonyl (C=O) groups is 1. The van der Waals surface area contributed by atoms with E-state index in [-0.39, 0.29) is 0 Å². The molecule has 8 N–H and O–H groups in total. The highest BCUT2D eigenvalue weighted by molar-refractivity contribution is 7.46. The van der Waals surface area contributed by atoms with Crippen LogP contribution in [0.2, 0.25) is 0 Å². The van der Waals surface area contributed by atoms with E-state index < -0.39 is 52.6 Å². The lowest BCUT2D eigenvalue weighted by Gasteiger charge is -2.31. The predicted molar refractivity (Wildman–Crippen MR) is 60.6 cm³/mol. The molecule has 0 aliphatic rings. The molecule has 0 aliphatic carbocycles. The summed E-state index contributed by atoms with van der Waals surface area (Å²) >= 11 is 0. The molecule has 0 rings (SSSR count). The molecule has 21 heavy (non-hydrogen) atoms. The average molecular weight is 357 g/mol. The molecule has 3 atom stereocenters. The normalized spacial score (nSPS) is 19.3. The van der Waals surface area contributed by atoms with Crippen molar-refractivity contribution < 1.29 is 63.0 Å². The molecule has 0 aliphatic heterocycles. The minimum absolute atomic E-state index is 1.27. The van der Waals surface area contributed by atoms with E-state index >= 15 is 0 Å². The lowest BCUT2D eigenvalue weighted by Crippen LogP contribution is -2.58. The van der Waals surface area contributed by atoms with Crippen LogP contribution in [0.1, 0.15) is 0 Å². The highest BCUT2D eigenvalue weighted by Gasteiger charge is 2.49. The summed E-state index contributed by atoms with van der Waals surface area (Å²) in [5.41, 5.74) is -3.32. The summed E-state index contributed by atoms with van der Waals surface area (Å²) in [7, 11) is -10.2. The van der Waals surface area contributed by atoms with Crippen LogP contribution in [0.25, 0.3) is 1.43 Å². The molecule has 0 aromatic rings. The maximum atomic E-state index is 11.2. The number of carboxylic acid groups (broad SMARTS) is 1. The number of hydrogen-bond acceptors (Lipinski definition) is 9. The van der Waals surface area contributed by atoms with Gasteiger partial charge in [0.1, 0.15) is 18.8 Å². The maximum Gasteiger partial charge on any atom is 0.469 e. The molecule has 0 unspecified atom stereocenters. The zero-order chi connectivity index (χ0) is 17.8. The third-order valence-electron chi connectivity index (χ3n) is 2.07. The van der Waals surface area contributed by atoms with Crippen molar-refractivity contribution in [3.05, 3.63) is 0 Å². The van der Waals surface area contributed by atoms with Gasteiger partial charge in [-0.1, -0.05) is 0 Å². The topological polar surface area (TPSA) is 232 Å². The summed E-state index contributed by atoms with van der Waals surface area (Å²) in [4.78, 5) is 45.0. The second-order valence-electron chi connectivity index (χ2n) is 3.77. The van der Waals surface area contributed by atoms with E-state index in [1.807, 2.05) is 0 Å². The summed E-state index contributed by atoms with van der Waals surface area (Å²) in [6.45, 7) is -2.86. The van der Waals surface area contributed by atoms with Crippen molar-refractivity contribution in [1.29, 1.82) is 1.43 Å². The van der Waals surface area contributed by atoms with Crippen molar-refractivity contribution >= 4 is 21.6 Å².